The van der Waals surface area contributed by atoms with E-state index in [1.54, 1.807) is 26.8 Å². The number of carbonyl (C=O) groups is 2. The Bertz CT molecular complexity index is 745. The van der Waals surface area contributed by atoms with Crippen molar-refractivity contribution >= 4 is 17.6 Å². The van der Waals surface area contributed by atoms with Crippen LogP contribution in [0.4, 0.5) is 5.69 Å². The molecule has 0 aromatic heterocycles. The van der Waals surface area contributed by atoms with Gasteiger partial charge in [0, 0.05) is 31.3 Å². The van der Waals surface area contributed by atoms with Gasteiger partial charge >= 0.3 is 5.97 Å². The van der Waals surface area contributed by atoms with E-state index in [9.17, 15) is 24.8 Å². The molecule has 1 aliphatic rings. The Labute approximate surface area is 145 Å². The molecular weight excluding hydrogens is 328 g/mol. The van der Waals surface area contributed by atoms with E-state index in [0.717, 1.165) is 0 Å². The van der Waals surface area contributed by atoms with Gasteiger partial charge in [-0.2, -0.15) is 0 Å². The number of nitrogens with zero attached hydrogens (tertiary/aromatic N) is 2. The number of amides is 1. The summed E-state index contributed by atoms with van der Waals surface area (Å²) in [6.07, 6.45) is 0.286. The zero-order chi connectivity index (χ0) is 18.9. The first-order valence-electron chi connectivity index (χ1n) is 7.91. The Hall–Kier alpha value is -2.48. The fourth-order valence-electron chi connectivity index (χ4n) is 3.62. The molecular formula is C17H22N2O6. The van der Waals surface area contributed by atoms with Crippen LogP contribution in [0.3, 0.4) is 0 Å². The van der Waals surface area contributed by atoms with Crippen molar-refractivity contribution in [3.8, 4) is 0 Å². The Morgan fingerprint density at radius 3 is 2.52 bits per heavy atom. The van der Waals surface area contributed by atoms with Gasteiger partial charge in [-0.25, -0.2) is 0 Å². The summed E-state index contributed by atoms with van der Waals surface area (Å²) in [4.78, 5) is 36.9. The molecule has 1 heterocycles. The molecule has 0 aliphatic carbocycles. The van der Waals surface area contributed by atoms with Crippen LogP contribution in [0.2, 0.25) is 0 Å². The number of likely N-dealkylation sites (tertiary alicyclic amines) is 1. The number of hydrogen-bond donors (Lipinski definition) is 1. The predicted octanol–water partition coefficient (Wildman–Crippen LogP) is 2.08. The van der Waals surface area contributed by atoms with E-state index < -0.39 is 16.3 Å². The molecule has 8 heteroatoms. The predicted molar refractivity (Wildman–Crippen MR) is 89.8 cm³/mol. The van der Waals surface area contributed by atoms with Crippen LogP contribution in [-0.2, 0) is 9.53 Å². The van der Waals surface area contributed by atoms with Crippen molar-refractivity contribution in [3.63, 3.8) is 0 Å². The molecule has 8 nitrogen and oxygen atoms in total. The van der Waals surface area contributed by atoms with Crippen molar-refractivity contribution in [1.29, 1.82) is 0 Å². The molecule has 0 spiro atoms. The lowest BCUT2D eigenvalue weighted by atomic mass is 9.88. The second kappa shape index (κ2) is 6.79. The number of nitro groups is 1. The van der Waals surface area contributed by atoms with Crippen molar-refractivity contribution in [3.05, 3.63) is 38.4 Å². The maximum atomic E-state index is 13.0. The number of benzene rings is 1. The van der Waals surface area contributed by atoms with Gasteiger partial charge in [-0.3, -0.25) is 19.7 Å². The number of carboxylic acids is 1. The first kappa shape index (κ1) is 18.9. The lowest BCUT2D eigenvalue weighted by Gasteiger charge is -2.24. The summed E-state index contributed by atoms with van der Waals surface area (Å²) < 4.78 is 5.03. The largest absolute Gasteiger partial charge is 0.481 e. The van der Waals surface area contributed by atoms with Gasteiger partial charge in [0.25, 0.3) is 11.6 Å². The Morgan fingerprint density at radius 1 is 1.36 bits per heavy atom. The molecule has 1 aromatic carbocycles. The Kier molecular flexibility index (Phi) is 5.12. The number of aryl methyl sites for hydroxylation is 2. The maximum absolute atomic E-state index is 13.0. The molecule has 1 saturated heterocycles. The molecule has 1 N–H and O–H groups in total. The average molecular weight is 350 g/mol. The lowest BCUT2D eigenvalue weighted by Crippen LogP contribution is -2.40. The highest BCUT2D eigenvalue weighted by Gasteiger charge is 2.47. The van der Waals surface area contributed by atoms with Gasteiger partial charge in [0.1, 0.15) is 5.41 Å². The van der Waals surface area contributed by atoms with E-state index >= 15 is 0 Å². The van der Waals surface area contributed by atoms with E-state index in [2.05, 4.69) is 0 Å². The van der Waals surface area contributed by atoms with Gasteiger partial charge in [-0.15, -0.1) is 0 Å². The van der Waals surface area contributed by atoms with Crippen LogP contribution < -0.4 is 0 Å². The van der Waals surface area contributed by atoms with Crippen LogP contribution in [0.5, 0.6) is 0 Å². The standard InChI is InChI=1S/C17H22N2O6/c1-10-7-11(2)14(19(23)24)12(3)13(10)15(20)18-6-5-17(8-18,9-25-4)16(21)22/h7H,5-6,8-9H2,1-4H3,(H,21,22). The van der Waals surface area contributed by atoms with Crippen LogP contribution in [0, 0.1) is 36.3 Å². The van der Waals surface area contributed by atoms with Crippen LogP contribution in [0.15, 0.2) is 6.07 Å². The molecule has 1 aromatic rings. The summed E-state index contributed by atoms with van der Waals surface area (Å²) in [6, 6.07) is 1.62. The average Bonchev–Trinajstić information content (AvgIpc) is 2.92. The van der Waals surface area contributed by atoms with Gasteiger partial charge < -0.3 is 14.7 Å². The van der Waals surface area contributed by atoms with E-state index in [4.69, 9.17) is 4.74 Å². The topological polar surface area (TPSA) is 110 Å². The van der Waals surface area contributed by atoms with E-state index in [0.29, 0.717) is 16.7 Å². The molecule has 136 valence electrons. The number of hydrogen-bond acceptors (Lipinski definition) is 5. The molecule has 1 fully saturated rings. The minimum atomic E-state index is -1.14. The Morgan fingerprint density at radius 2 is 2.00 bits per heavy atom. The third-order valence-electron chi connectivity index (χ3n) is 4.84. The first-order valence-corrected chi connectivity index (χ1v) is 7.91. The highest BCUT2D eigenvalue weighted by Crippen LogP contribution is 2.35. The van der Waals surface area contributed by atoms with Gasteiger partial charge in [-0.05, 0) is 38.8 Å². The molecule has 1 amide bonds. The smallest absolute Gasteiger partial charge is 0.313 e. The van der Waals surface area contributed by atoms with Crippen molar-refractivity contribution in [2.75, 3.05) is 26.8 Å². The normalized spacial score (nSPS) is 19.9. The molecule has 1 unspecified atom stereocenters. The quantitative estimate of drug-likeness (QED) is 0.643. The minimum Gasteiger partial charge on any atom is -0.481 e. The highest BCUT2D eigenvalue weighted by atomic mass is 16.6. The number of carbonyl (C=O) groups excluding carboxylic acids is 1. The van der Waals surface area contributed by atoms with Crippen molar-refractivity contribution < 1.29 is 24.4 Å². The number of rotatable bonds is 5. The summed E-state index contributed by atoms with van der Waals surface area (Å²) in [7, 11) is 1.42. The fourth-order valence-corrected chi connectivity index (χ4v) is 3.62. The summed E-state index contributed by atoms with van der Waals surface area (Å²) >= 11 is 0. The summed E-state index contributed by atoms with van der Waals surface area (Å²) in [6.45, 7) is 5.23. The second-order valence-electron chi connectivity index (χ2n) is 6.61. The molecule has 25 heavy (non-hydrogen) atoms. The first-order chi connectivity index (χ1) is 11.6. The molecule has 0 bridgehead atoms. The minimum absolute atomic E-state index is 0.0120. The van der Waals surface area contributed by atoms with Gasteiger partial charge in [0.05, 0.1) is 17.1 Å². The van der Waals surface area contributed by atoms with Crippen molar-refractivity contribution in [2.45, 2.75) is 27.2 Å². The third-order valence-corrected chi connectivity index (χ3v) is 4.84. The molecule has 2 rings (SSSR count). The summed E-state index contributed by atoms with van der Waals surface area (Å²) in [5.74, 6) is -1.38. The fraction of sp³-hybridized carbons (Fsp3) is 0.529. The number of ether oxygens (including phenoxy) is 1. The lowest BCUT2D eigenvalue weighted by molar-refractivity contribution is -0.386. The molecule has 0 radical (unpaired) electrons. The SMILES string of the molecule is COCC1(C(=O)O)CCN(C(=O)c2c(C)cc(C)c([N+](=O)[O-])c2C)C1. The molecule has 1 aliphatic heterocycles. The van der Waals surface area contributed by atoms with Gasteiger partial charge in [0.15, 0.2) is 0 Å². The number of carboxylic acid groups (broad SMARTS) is 1. The molecule has 1 atom stereocenters. The number of methoxy groups -OCH3 is 1. The van der Waals surface area contributed by atoms with E-state index in [-0.39, 0.29) is 43.3 Å². The van der Waals surface area contributed by atoms with E-state index in [1.807, 2.05) is 0 Å². The van der Waals surface area contributed by atoms with Crippen LogP contribution in [-0.4, -0.2) is 53.6 Å². The maximum Gasteiger partial charge on any atom is 0.313 e. The summed E-state index contributed by atoms with van der Waals surface area (Å²) in [5.41, 5.74) is 0.517. The van der Waals surface area contributed by atoms with Crippen LogP contribution in [0.25, 0.3) is 0 Å². The van der Waals surface area contributed by atoms with Crippen LogP contribution in [0.1, 0.15) is 33.5 Å². The zero-order valence-electron chi connectivity index (χ0n) is 14.8. The van der Waals surface area contributed by atoms with Crippen molar-refractivity contribution in [2.24, 2.45) is 5.41 Å². The Balaban J connectivity index is 2.41. The molecule has 0 saturated carbocycles. The zero-order valence-corrected chi connectivity index (χ0v) is 14.8. The number of nitro benzene ring substituents is 1. The monoisotopic (exact) mass is 350 g/mol. The second-order valence-corrected chi connectivity index (χ2v) is 6.61. The van der Waals surface area contributed by atoms with Gasteiger partial charge in [-0.1, -0.05) is 0 Å². The number of aliphatic carboxylic acids is 1. The van der Waals surface area contributed by atoms with Crippen LogP contribution >= 0.6 is 0 Å². The van der Waals surface area contributed by atoms with E-state index in [1.165, 1.54) is 12.0 Å². The summed E-state index contributed by atoms with van der Waals surface area (Å²) in [5, 5.41) is 20.8. The third kappa shape index (κ3) is 3.21. The van der Waals surface area contributed by atoms with Gasteiger partial charge in [0.2, 0.25) is 0 Å². The highest BCUT2D eigenvalue weighted by molar-refractivity contribution is 5.99. The van der Waals surface area contributed by atoms with Crippen molar-refractivity contribution in [1.82, 2.24) is 4.90 Å².